The largest absolute Gasteiger partial charge is 0.480 e. The molecule has 3 aromatic rings. The van der Waals surface area contributed by atoms with Gasteiger partial charge in [-0.1, -0.05) is 48.5 Å². The van der Waals surface area contributed by atoms with Crippen molar-refractivity contribution in [1.29, 1.82) is 0 Å². The highest BCUT2D eigenvalue weighted by molar-refractivity contribution is 7.89. The first kappa shape index (κ1) is 30.4. The first-order chi connectivity index (χ1) is 19.5. The van der Waals surface area contributed by atoms with Crippen LogP contribution < -0.4 is 10.0 Å². The number of halogens is 1. The molecule has 1 saturated carbocycles. The maximum absolute atomic E-state index is 13.2. The molecule has 0 heterocycles. The molecule has 0 spiro atoms. The average Bonchev–Trinajstić information content (AvgIpc) is 2.93. The van der Waals surface area contributed by atoms with Gasteiger partial charge in [-0.05, 0) is 86.2 Å². The molecular weight excluding hydrogens is 545 g/mol. The lowest BCUT2D eigenvalue weighted by Crippen LogP contribution is -2.41. The minimum Gasteiger partial charge on any atom is -0.480 e. The standard InChI is InChI=1S/C31H36FN3O5S/c1-21(23-7-13-27(32)14-8-23)33-31(38)26-9-15-28(16-10-26)34-41(39,40)29-17-11-25(12-18-29)24-5-3-22(4-6-24)19-35(2)20-30(36)37/h3-8,11-14,17-18,21,26,28,34H,9-10,15-16,19-20H2,1-2H3,(H,33,38)(H,36,37)/t21-,26-,28-/m1/s1. The minimum absolute atomic E-state index is 0.0410. The van der Waals surface area contributed by atoms with E-state index in [0.29, 0.717) is 32.2 Å². The van der Waals surface area contributed by atoms with E-state index < -0.39 is 16.0 Å². The number of nitrogens with one attached hydrogen (secondary N) is 2. The molecule has 0 unspecified atom stereocenters. The molecule has 3 N–H and O–H groups in total. The Kier molecular flexibility index (Phi) is 9.90. The summed E-state index contributed by atoms with van der Waals surface area (Å²) in [5.74, 6) is -1.46. The normalized spacial score (nSPS) is 18.1. The van der Waals surface area contributed by atoms with Crippen LogP contribution in [0.3, 0.4) is 0 Å². The molecule has 4 rings (SSSR count). The van der Waals surface area contributed by atoms with Gasteiger partial charge in [0, 0.05) is 18.5 Å². The van der Waals surface area contributed by atoms with Crippen molar-refractivity contribution in [2.45, 2.75) is 56.1 Å². The molecule has 0 radical (unpaired) electrons. The lowest BCUT2D eigenvalue weighted by Gasteiger charge is -2.29. The Bertz CT molecular complexity index is 1440. The smallest absolute Gasteiger partial charge is 0.317 e. The number of carboxylic acid groups (broad SMARTS) is 1. The van der Waals surface area contributed by atoms with Gasteiger partial charge in [-0.3, -0.25) is 14.5 Å². The number of sulfonamides is 1. The summed E-state index contributed by atoms with van der Waals surface area (Å²) in [7, 11) is -1.97. The van der Waals surface area contributed by atoms with Crippen molar-refractivity contribution < 1.29 is 27.5 Å². The first-order valence-electron chi connectivity index (χ1n) is 13.7. The summed E-state index contributed by atoms with van der Waals surface area (Å²) >= 11 is 0. The number of carbonyl (C=O) groups excluding carboxylic acids is 1. The van der Waals surface area contributed by atoms with Gasteiger partial charge in [0.15, 0.2) is 0 Å². The summed E-state index contributed by atoms with van der Waals surface area (Å²) in [4.78, 5) is 25.5. The highest BCUT2D eigenvalue weighted by atomic mass is 32.2. The highest BCUT2D eigenvalue weighted by Crippen LogP contribution is 2.28. The number of rotatable bonds is 11. The van der Waals surface area contributed by atoms with Crippen molar-refractivity contribution in [3.63, 3.8) is 0 Å². The van der Waals surface area contributed by atoms with E-state index in [1.54, 1.807) is 48.3 Å². The van der Waals surface area contributed by atoms with Gasteiger partial charge in [-0.2, -0.15) is 0 Å². The first-order valence-corrected chi connectivity index (χ1v) is 15.2. The maximum atomic E-state index is 13.2. The number of benzene rings is 3. The predicted octanol–water partition coefficient (Wildman–Crippen LogP) is 4.72. The van der Waals surface area contributed by atoms with E-state index in [1.807, 2.05) is 31.2 Å². The quantitative estimate of drug-likeness (QED) is 0.302. The third kappa shape index (κ3) is 8.45. The Morgan fingerprint density at radius 3 is 2.05 bits per heavy atom. The molecule has 1 fully saturated rings. The zero-order valence-electron chi connectivity index (χ0n) is 23.2. The summed E-state index contributed by atoms with van der Waals surface area (Å²) in [6, 6.07) is 20.0. The van der Waals surface area contributed by atoms with Crippen LogP contribution >= 0.6 is 0 Å². The Hall–Kier alpha value is -3.60. The zero-order valence-corrected chi connectivity index (χ0v) is 24.0. The van der Waals surface area contributed by atoms with Gasteiger partial charge in [0.2, 0.25) is 15.9 Å². The fourth-order valence-corrected chi connectivity index (χ4v) is 6.46. The second kappa shape index (κ2) is 13.4. The number of aliphatic carboxylic acids is 1. The van der Waals surface area contributed by atoms with E-state index in [1.165, 1.54) is 12.1 Å². The van der Waals surface area contributed by atoms with Crippen molar-refractivity contribution in [2.75, 3.05) is 13.6 Å². The summed E-state index contributed by atoms with van der Waals surface area (Å²) in [5, 5.41) is 11.9. The molecule has 0 aromatic heterocycles. The average molecular weight is 582 g/mol. The van der Waals surface area contributed by atoms with Gasteiger partial charge < -0.3 is 10.4 Å². The Balaban J connectivity index is 1.28. The van der Waals surface area contributed by atoms with Gasteiger partial charge >= 0.3 is 5.97 Å². The SMILES string of the molecule is C[C@@H](NC(=O)[C@H]1CC[C@H](NS(=O)(=O)c2ccc(-c3ccc(CN(C)CC(=O)O)cc3)cc2)CC1)c1ccc(F)cc1. The van der Waals surface area contributed by atoms with Crippen LogP contribution in [0, 0.1) is 11.7 Å². The number of likely N-dealkylation sites (N-methyl/N-ethyl adjacent to an activating group) is 1. The molecule has 3 aromatic carbocycles. The van der Waals surface area contributed by atoms with Gasteiger partial charge in [0.05, 0.1) is 17.5 Å². The van der Waals surface area contributed by atoms with Crippen LogP contribution in [-0.2, 0) is 26.2 Å². The van der Waals surface area contributed by atoms with E-state index in [9.17, 15) is 22.4 Å². The van der Waals surface area contributed by atoms with E-state index in [0.717, 1.165) is 22.3 Å². The van der Waals surface area contributed by atoms with Crippen molar-refractivity contribution in [3.05, 3.63) is 89.7 Å². The van der Waals surface area contributed by atoms with Crippen LogP contribution in [0.25, 0.3) is 11.1 Å². The van der Waals surface area contributed by atoms with Crippen LogP contribution in [0.2, 0.25) is 0 Å². The van der Waals surface area contributed by atoms with E-state index in [2.05, 4.69) is 10.0 Å². The lowest BCUT2D eigenvalue weighted by atomic mass is 9.85. The Labute approximate surface area is 240 Å². The fraction of sp³-hybridized carbons (Fsp3) is 0.355. The number of carbonyl (C=O) groups is 2. The third-order valence-corrected chi connectivity index (χ3v) is 8.99. The third-order valence-electron chi connectivity index (χ3n) is 7.46. The molecule has 1 amide bonds. The van der Waals surface area contributed by atoms with Gasteiger partial charge in [0.25, 0.3) is 0 Å². The van der Waals surface area contributed by atoms with Crippen LogP contribution in [0.15, 0.2) is 77.7 Å². The second-order valence-electron chi connectivity index (χ2n) is 10.7. The van der Waals surface area contributed by atoms with Gasteiger partial charge in [-0.15, -0.1) is 0 Å². The van der Waals surface area contributed by atoms with Crippen molar-refractivity contribution in [2.24, 2.45) is 5.92 Å². The maximum Gasteiger partial charge on any atom is 0.317 e. The fourth-order valence-electron chi connectivity index (χ4n) is 5.15. The topological polar surface area (TPSA) is 116 Å². The highest BCUT2D eigenvalue weighted by Gasteiger charge is 2.29. The molecule has 41 heavy (non-hydrogen) atoms. The zero-order chi connectivity index (χ0) is 29.6. The molecule has 1 aliphatic carbocycles. The Morgan fingerprint density at radius 1 is 0.927 bits per heavy atom. The molecule has 1 aliphatic rings. The summed E-state index contributed by atoms with van der Waals surface area (Å²) in [5.41, 5.74) is 3.60. The molecule has 218 valence electrons. The summed E-state index contributed by atoms with van der Waals surface area (Å²) < 4.78 is 42.1. The van der Waals surface area contributed by atoms with E-state index >= 15 is 0 Å². The number of hydrogen-bond donors (Lipinski definition) is 3. The minimum atomic E-state index is -3.72. The van der Waals surface area contributed by atoms with Crippen LogP contribution in [0.4, 0.5) is 4.39 Å². The van der Waals surface area contributed by atoms with Gasteiger partial charge in [-0.25, -0.2) is 17.5 Å². The second-order valence-corrected chi connectivity index (χ2v) is 12.5. The van der Waals surface area contributed by atoms with Crippen molar-refractivity contribution in [3.8, 4) is 11.1 Å². The summed E-state index contributed by atoms with van der Waals surface area (Å²) in [6.07, 6.45) is 2.29. The Morgan fingerprint density at radius 2 is 1.49 bits per heavy atom. The van der Waals surface area contributed by atoms with Crippen LogP contribution in [-0.4, -0.2) is 49.9 Å². The van der Waals surface area contributed by atoms with Crippen LogP contribution in [0.1, 0.15) is 49.8 Å². The number of carboxylic acids is 1. The number of amides is 1. The molecular formula is C31H36FN3O5S. The van der Waals surface area contributed by atoms with E-state index in [4.69, 9.17) is 5.11 Å². The van der Waals surface area contributed by atoms with E-state index in [-0.39, 0.29) is 41.2 Å². The molecule has 10 heteroatoms. The number of nitrogens with zero attached hydrogens (tertiary/aromatic N) is 1. The van der Waals surface area contributed by atoms with Crippen molar-refractivity contribution in [1.82, 2.24) is 14.9 Å². The number of hydrogen-bond acceptors (Lipinski definition) is 5. The lowest BCUT2D eigenvalue weighted by molar-refractivity contribution is -0.138. The molecule has 8 nitrogen and oxygen atoms in total. The van der Waals surface area contributed by atoms with Gasteiger partial charge in [0.1, 0.15) is 5.82 Å². The monoisotopic (exact) mass is 581 g/mol. The predicted molar refractivity (Wildman–Crippen MR) is 155 cm³/mol. The molecule has 0 bridgehead atoms. The molecule has 0 aliphatic heterocycles. The molecule has 1 atom stereocenters. The summed E-state index contributed by atoms with van der Waals surface area (Å²) in [6.45, 7) is 2.33. The van der Waals surface area contributed by atoms with Crippen LogP contribution in [0.5, 0.6) is 0 Å². The van der Waals surface area contributed by atoms with Crippen molar-refractivity contribution >= 4 is 21.9 Å². The molecule has 0 saturated heterocycles.